The van der Waals surface area contributed by atoms with Gasteiger partial charge in [0, 0.05) is 5.71 Å². The van der Waals surface area contributed by atoms with Gasteiger partial charge in [-0.3, -0.25) is 9.10 Å². The fraction of sp³-hybridized carbons (Fsp3) is 0.391. The molecule has 1 fully saturated rings. The van der Waals surface area contributed by atoms with Crippen molar-refractivity contribution in [3.05, 3.63) is 59.7 Å². The maximum absolute atomic E-state index is 13.3. The van der Waals surface area contributed by atoms with Crippen LogP contribution in [-0.4, -0.2) is 26.6 Å². The van der Waals surface area contributed by atoms with Crippen LogP contribution in [0.5, 0.6) is 0 Å². The zero-order valence-electron chi connectivity index (χ0n) is 17.6. The van der Waals surface area contributed by atoms with E-state index in [1.807, 2.05) is 26.0 Å². The monoisotopic (exact) mass is 427 g/mol. The first-order valence-electron chi connectivity index (χ1n) is 10.4. The standard InChI is InChI=1S/C23H29N3O3S/c1-18-9-13-21(14-10-18)26(30(28,29)22-15-11-19(2)12-16-22)17-23(27)25-24-20-7-5-3-4-6-8-20/h9-16H,3-8,17H2,1-2H3,(H,25,27). The number of sulfonamides is 1. The number of rotatable bonds is 6. The van der Waals surface area contributed by atoms with Crippen molar-refractivity contribution in [1.29, 1.82) is 0 Å². The molecule has 1 saturated carbocycles. The van der Waals surface area contributed by atoms with Gasteiger partial charge < -0.3 is 0 Å². The summed E-state index contributed by atoms with van der Waals surface area (Å²) in [5, 5.41) is 4.27. The van der Waals surface area contributed by atoms with Crippen molar-refractivity contribution in [2.45, 2.75) is 57.3 Å². The topological polar surface area (TPSA) is 78.8 Å². The van der Waals surface area contributed by atoms with Gasteiger partial charge in [0.05, 0.1) is 10.6 Å². The van der Waals surface area contributed by atoms with Crippen LogP contribution >= 0.6 is 0 Å². The van der Waals surface area contributed by atoms with E-state index in [1.54, 1.807) is 36.4 Å². The van der Waals surface area contributed by atoms with Crippen LogP contribution in [0.3, 0.4) is 0 Å². The predicted octanol–water partition coefficient (Wildman–Crippen LogP) is 4.33. The molecule has 0 aliphatic heterocycles. The molecule has 0 unspecified atom stereocenters. The second-order valence-corrected chi connectivity index (χ2v) is 9.65. The van der Waals surface area contributed by atoms with E-state index in [2.05, 4.69) is 10.5 Å². The Hall–Kier alpha value is -2.67. The average molecular weight is 428 g/mol. The van der Waals surface area contributed by atoms with E-state index in [0.29, 0.717) is 5.69 Å². The summed E-state index contributed by atoms with van der Waals surface area (Å²) in [5.74, 6) is -0.456. The third kappa shape index (κ3) is 5.69. The van der Waals surface area contributed by atoms with Gasteiger partial charge in [0.2, 0.25) is 0 Å². The number of hydrazone groups is 1. The third-order valence-electron chi connectivity index (χ3n) is 5.24. The second kappa shape index (κ2) is 9.89. The number of carbonyl (C=O) groups is 1. The van der Waals surface area contributed by atoms with Crippen LogP contribution in [0.15, 0.2) is 58.5 Å². The molecule has 0 radical (unpaired) electrons. The molecule has 0 atom stereocenters. The van der Waals surface area contributed by atoms with Crippen molar-refractivity contribution in [1.82, 2.24) is 5.43 Å². The first kappa shape index (κ1) is 22.0. The highest BCUT2D eigenvalue weighted by Gasteiger charge is 2.27. The van der Waals surface area contributed by atoms with Gasteiger partial charge in [-0.1, -0.05) is 48.2 Å². The fourth-order valence-corrected chi connectivity index (χ4v) is 4.84. The molecule has 160 valence electrons. The summed E-state index contributed by atoms with van der Waals surface area (Å²) < 4.78 is 27.8. The number of hydrogen-bond acceptors (Lipinski definition) is 4. The summed E-state index contributed by atoms with van der Waals surface area (Å²) in [6, 6.07) is 13.7. The molecule has 7 heteroatoms. The minimum absolute atomic E-state index is 0.150. The average Bonchev–Trinajstić information content (AvgIpc) is 3.00. The Labute approximate surface area is 179 Å². The Morgan fingerprint density at radius 1 is 0.900 bits per heavy atom. The molecule has 2 aromatic carbocycles. The number of nitrogens with zero attached hydrogens (tertiary/aromatic N) is 2. The maximum atomic E-state index is 13.3. The normalized spacial score (nSPS) is 14.7. The number of amides is 1. The van der Waals surface area contributed by atoms with Crippen LogP contribution in [0.25, 0.3) is 0 Å². The first-order valence-corrected chi connectivity index (χ1v) is 11.8. The van der Waals surface area contributed by atoms with Gasteiger partial charge in [-0.05, 0) is 63.8 Å². The van der Waals surface area contributed by atoms with Crippen molar-refractivity contribution in [3.63, 3.8) is 0 Å². The summed E-state index contributed by atoms with van der Waals surface area (Å²) in [4.78, 5) is 12.8. The van der Waals surface area contributed by atoms with Gasteiger partial charge in [0.1, 0.15) is 6.54 Å². The molecular formula is C23H29N3O3S. The van der Waals surface area contributed by atoms with Crippen molar-refractivity contribution in [3.8, 4) is 0 Å². The molecule has 0 bridgehead atoms. The highest BCUT2D eigenvalue weighted by Crippen LogP contribution is 2.24. The Bertz CT molecular complexity index is 987. The van der Waals surface area contributed by atoms with Crippen LogP contribution in [0.2, 0.25) is 0 Å². The molecule has 6 nitrogen and oxygen atoms in total. The SMILES string of the molecule is Cc1ccc(N(CC(=O)NN=C2CCCCCC2)S(=O)(=O)c2ccc(C)cc2)cc1. The third-order valence-corrected chi connectivity index (χ3v) is 7.03. The van der Waals surface area contributed by atoms with Crippen molar-refractivity contribution >= 4 is 27.3 Å². The lowest BCUT2D eigenvalue weighted by atomic mass is 10.2. The quantitative estimate of drug-likeness (QED) is 0.551. The maximum Gasteiger partial charge on any atom is 0.264 e. The van der Waals surface area contributed by atoms with E-state index in [0.717, 1.165) is 46.8 Å². The van der Waals surface area contributed by atoms with Crippen LogP contribution < -0.4 is 9.73 Å². The van der Waals surface area contributed by atoms with Crippen LogP contribution in [0.4, 0.5) is 5.69 Å². The van der Waals surface area contributed by atoms with Crippen LogP contribution in [0, 0.1) is 13.8 Å². The number of carbonyl (C=O) groups excluding carboxylic acids is 1. The summed E-state index contributed by atoms with van der Waals surface area (Å²) in [6.07, 6.45) is 6.27. The Morgan fingerprint density at radius 2 is 1.43 bits per heavy atom. The summed E-state index contributed by atoms with van der Waals surface area (Å²) >= 11 is 0. The minimum Gasteiger partial charge on any atom is -0.271 e. The predicted molar refractivity (Wildman–Crippen MR) is 120 cm³/mol. The zero-order valence-corrected chi connectivity index (χ0v) is 18.4. The van der Waals surface area contributed by atoms with Gasteiger partial charge in [-0.25, -0.2) is 13.8 Å². The second-order valence-electron chi connectivity index (χ2n) is 7.79. The Morgan fingerprint density at radius 3 is 2.00 bits per heavy atom. The van der Waals surface area contributed by atoms with Crippen molar-refractivity contribution in [2.75, 3.05) is 10.8 Å². The zero-order chi connectivity index (χ0) is 21.6. The van der Waals surface area contributed by atoms with Crippen molar-refractivity contribution in [2.24, 2.45) is 5.10 Å². The molecule has 0 saturated heterocycles. The van der Waals surface area contributed by atoms with Crippen LogP contribution in [-0.2, 0) is 14.8 Å². The molecular weight excluding hydrogens is 398 g/mol. The van der Waals surface area contributed by atoms with Gasteiger partial charge in [0.15, 0.2) is 0 Å². The summed E-state index contributed by atoms with van der Waals surface area (Å²) in [6.45, 7) is 3.49. The molecule has 1 N–H and O–H groups in total. The molecule has 30 heavy (non-hydrogen) atoms. The first-order chi connectivity index (χ1) is 14.4. The van der Waals surface area contributed by atoms with E-state index in [-0.39, 0.29) is 11.4 Å². The van der Waals surface area contributed by atoms with Gasteiger partial charge >= 0.3 is 0 Å². The van der Waals surface area contributed by atoms with Gasteiger partial charge in [-0.2, -0.15) is 5.10 Å². The molecule has 2 aromatic rings. The van der Waals surface area contributed by atoms with Crippen molar-refractivity contribution < 1.29 is 13.2 Å². The number of hydrogen-bond donors (Lipinski definition) is 1. The van der Waals surface area contributed by atoms with E-state index in [4.69, 9.17) is 0 Å². The van der Waals surface area contributed by atoms with Gasteiger partial charge in [0.25, 0.3) is 15.9 Å². The molecule has 1 amide bonds. The summed E-state index contributed by atoms with van der Waals surface area (Å²) in [7, 11) is -3.90. The lowest BCUT2D eigenvalue weighted by Crippen LogP contribution is -2.39. The molecule has 1 aliphatic carbocycles. The number of benzene rings is 2. The minimum atomic E-state index is -3.90. The molecule has 1 aliphatic rings. The Balaban J connectivity index is 1.84. The molecule has 0 heterocycles. The molecule has 0 aromatic heterocycles. The smallest absolute Gasteiger partial charge is 0.264 e. The number of nitrogens with one attached hydrogen (secondary N) is 1. The number of aryl methyl sites for hydroxylation is 2. The molecule has 0 spiro atoms. The highest BCUT2D eigenvalue weighted by molar-refractivity contribution is 7.92. The van der Waals surface area contributed by atoms with Gasteiger partial charge in [-0.15, -0.1) is 0 Å². The van der Waals surface area contributed by atoms with E-state index in [9.17, 15) is 13.2 Å². The summed E-state index contributed by atoms with van der Waals surface area (Å²) in [5.41, 5.74) is 5.96. The van der Waals surface area contributed by atoms with E-state index < -0.39 is 15.9 Å². The lowest BCUT2D eigenvalue weighted by Gasteiger charge is -2.24. The van der Waals surface area contributed by atoms with E-state index in [1.165, 1.54) is 12.8 Å². The van der Waals surface area contributed by atoms with E-state index >= 15 is 0 Å². The fourth-order valence-electron chi connectivity index (χ4n) is 3.42. The van der Waals surface area contributed by atoms with Crippen LogP contribution in [0.1, 0.15) is 49.7 Å². The largest absolute Gasteiger partial charge is 0.271 e. The lowest BCUT2D eigenvalue weighted by molar-refractivity contribution is -0.119. The Kier molecular flexibility index (Phi) is 7.26. The highest BCUT2D eigenvalue weighted by atomic mass is 32.2. The molecule has 3 rings (SSSR count). The number of anilines is 1.